The number of nitrogens with one attached hydrogen (secondary N) is 1. The van der Waals surface area contributed by atoms with Crippen LogP contribution >= 0.6 is 23.7 Å². The first-order valence-electron chi connectivity index (χ1n) is 10.1. The van der Waals surface area contributed by atoms with Gasteiger partial charge in [-0.1, -0.05) is 42.5 Å². The monoisotopic (exact) mass is 458 g/mol. The van der Waals surface area contributed by atoms with Gasteiger partial charge in [-0.25, -0.2) is 4.98 Å². The van der Waals surface area contributed by atoms with Crippen molar-refractivity contribution in [3.63, 3.8) is 0 Å². The average Bonchev–Trinajstić information content (AvgIpc) is 3.31. The third-order valence-corrected chi connectivity index (χ3v) is 6.31. The van der Waals surface area contributed by atoms with Crippen molar-refractivity contribution in [1.82, 2.24) is 15.2 Å². The van der Waals surface area contributed by atoms with Gasteiger partial charge in [0.2, 0.25) is 0 Å². The van der Waals surface area contributed by atoms with E-state index in [-0.39, 0.29) is 18.3 Å². The van der Waals surface area contributed by atoms with Crippen LogP contribution in [0.3, 0.4) is 0 Å². The Balaban J connectivity index is 0.00000272. The van der Waals surface area contributed by atoms with Crippen molar-refractivity contribution in [1.29, 1.82) is 0 Å². The molecule has 1 aromatic heterocycles. The summed E-state index contributed by atoms with van der Waals surface area (Å²) >= 11 is 1.43. The lowest BCUT2D eigenvalue weighted by atomic mass is 10.2. The van der Waals surface area contributed by atoms with Gasteiger partial charge >= 0.3 is 0 Å². The Morgan fingerprint density at radius 3 is 2.52 bits per heavy atom. The van der Waals surface area contributed by atoms with E-state index in [0.717, 1.165) is 54.7 Å². The molecule has 2 aromatic carbocycles. The lowest BCUT2D eigenvalue weighted by Gasteiger charge is -2.36. The van der Waals surface area contributed by atoms with Crippen LogP contribution in [0.15, 0.2) is 60.8 Å². The van der Waals surface area contributed by atoms with E-state index in [2.05, 4.69) is 26.2 Å². The molecule has 1 saturated heterocycles. The van der Waals surface area contributed by atoms with E-state index in [9.17, 15) is 4.79 Å². The van der Waals surface area contributed by atoms with Crippen LogP contribution in [0.5, 0.6) is 5.75 Å². The summed E-state index contributed by atoms with van der Waals surface area (Å²) in [4.78, 5) is 22.2. The van der Waals surface area contributed by atoms with E-state index < -0.39 is 0 Å². The molecule has 0 unspecified atom stereocenters. The van der Waals surface area contributed by atoms with Gasteiger partial charge in [0.15, 0.2) is 0 Å². The van der Waals surface area contributed by atoms with Gasteiger partial charge in [0, 0.05) is 44.8 Å². The zero-order valence-electron chi connectivity index (χ0n) is 17.5. The highest BCUT2D eigenvalue weighted by molar-refractivity contribution is 7.16. The molecule has 0 spiro atoms. The van der Waals surface area contributed by atoms with Gasteiger partial charge in [-0.2, -0.15) is 0 Å². The molecule has 4 rings (SSSR count). The number of halogens is 1. The van der Waals surface area contributed by atoms with Crippen LogP contribution in [0.2, 0.25) is 0 Å². The summed E-state index contributed by atoms with van der Waals surface area (Å²) in [6.07, 6.45) is 1.66. The number of ether oxygens (including phenoxy) is 1. The molecule has 1 N–H and O–H groups in total. The van der Waals surface area contributed by atoms with Crippen LogP contribution in [-0.2, 0) is 0 Å². The number of amides is 1. The number of nitrogens with zero attached hydrogens (tertiary/aromatic N) is 3. The molecule has 1 fully saturated rings. The predicted octanol–water partition coefficient (Wildman–Crippen LogP) is 3.79. The standard InChI is InChI=1S/C23H26N4O2S.ClH/c1-29-20-10-6-5-9-19(20)27-15-13-26(14-16-27)12-11-24-22(28)21-17-25-23(30-21)18-7-3-2-4-8-18;/h2-10,17H,11-16H2,1H3,(H,24,28);1H. The second-order valence-electron chi connectivity index (χ2n) is 7.15. The van der Waals surface area contributed by atoms with Crippen molar-refractivity contribution in [2.45, 2.75) is 0 Å². The minimum atomic E-state index is -0.0534. The van der Waals surface area contributed by atoms with Crippen LogP contribution in [0, 0.1) is 0 Å². The largest absolute Gasteiger partial charge is 0.495 e. The molecule has 0 radical (unpaired) electrons. The average molecular weight is 459 g/mol. The van der Waals surface area contributed by atoms with Crippen LogP contribution in [0.25, 0.3) is 10.6 Å². The molecule has 1 aliphatic heterocycles. The fraction of sp³-hybridized carbons (Fsp3) is 0.304. The van der Waals surface area contributed by atoms with E-state index in [4.69, 9.17) is 4.74 Å². The maximum atomic E-state index is 12.5. The van der Waals surface area contributed by atoms with Crippen molar-refractivity contribution in [3.05, 3.63) is 65.7 Å². The number of rotatable bonds is 7. The maximum Gasteiger partial charge on any atom is 0.263 e. The smallest absolute Gasteiger partial charge is 0.263 e. The molecule has 6 nitrogen and oxygen atoms in total. The number of thiazole rings is 1. The van der Waals surface area contributed by atoms with Gasteiger partial charge in [0.25, 0.3) is 5.91 Å². The van der Waals surface area contributed by atoms with Crippen LogP contribution in [0.1, 0.15) is 9.67 Å². The van der Waals surface area contributed by atoms with E-state index in [1.807, 2.05) is 48.5 Å². The highest BCUT2D eigenvalue weighted by Crippen LogP contribution is 2.28. The number of aromatic nitrogens is 1. The van der Waals surface area contributed by atoms with Crippen molar-refractivity contribution in [2.24, 2.45) is 0 Å². The third-order valence-electron chi connectivity index (χ3n) is 5.26. The second kappa shape index (κ2) is 11.1. The minimum absolute atomic E-state index is 0. The Labute approximate surface area is 193 Å². The van der Waals surface area contributed by atoms with Gasteiger partial charge < -0.3 is 15.0 Å². The predicted molar refractivity (Wildman–Crippen MR) is 129 cm³/mol. The number of para-hydroxylation sites is 2. The summed E-state index contributed by atoms with van der Waals surface area (Å²) in [7, 11) is 1.71. The zero-order valence-corrected chi connectivity index (χ0v) is 19.1. The van der Waals surface area contributed by atoms with Crippen molar-refractivity contribution in [2.75, 3.05) is 51.3 Å². The minimum Gasteiger partial charge on any atom is -0.495 e. The maximum absolute atomic E-state index is 12.5. The van der Waals surface area contributed by atoms with E-state index in [1.54, 1.807) is 13.3 Å². The summed E-state index contributed by atoms with van der Waals surface area (Å²) in [6, 6.07) is 18.1. The van der Waals surface area contributed by atoms with Gasteiger partial charge in [0.05, 0.1) is 19.0 Å². The lowest BCUT2D eigenvalue weighted by Crippen LogP contribution is -2.48. The van der Waals surface area contributed by atoms with Crippen molar-refractivity contribution in [3.8, 4) is 16.3 Å². The SMILES string of the molecule is COc1ccccc1N1CCN(CCNC(=O)c2cnc(-c3ccccc3)s2)CC1.Cl. The molecule has 0 aliphatic carbocycles. The van der Waals surface area contributed by atoms with Gasteiger partial charge in [0.1, 0.15) is 15.6 Å². The fourth-order valence-electron chi connectivity index (χ4n) is 3.61. The molecule has 2 heterocycles. The summed E-state index contributed by atoms with van der Waals surface area (Å²) < 4.78 is 5.48. The number of carbonyl (C=O) groups is 1. The van der Waals surface area contributed by atoms with E-state index >= 15 is 0 Å². The first-order valence-corrected chi connectivity index (χ1v) is 11.0. The van der Waals surface area contributed by atoms with Crippen LogP contribution in [0.4, 0.5) is 5.69 Å². The first kappa shape index (κ1) is 23.1. The highest BCUT2D eigenvalue weighted by Gasteiger charge is 2.19. The summed E-state index contributed by atoms with van der Waals surface area (Å²) in [5.74, 6) is 0.861. The molecule has 1 amide bonds. The topological polar surface area (TPSA) is 57.7 Å². The molecule has 8 heteroatoms. The van der Waals surface area contributed by atoms with E-state index in [1.165, 1.54) is 11.3 Å². The first-order chi connectivity index (χ1) is 14.7. The number of piperazine rings is 1. The molecule has 0 bridgehead atoms. The Morgan fingerprint density at radius 1 is 1.06 bits per heavy atom. The highest BCUT2D eigenvalue weighted by atomic mass is 35.5. The molecule has 3 aromatic rings. The third kappa shape index (κ3) is 5.76. The number of benzene rings is 2. The Kier molecular flexibility index (Phi) is 8.28. The number of methoxy groups -OCH3 is 1. The van der Waals surface area contributed by atoms with Crippen molar-refractivity contribution >= 4 is 35.3 Å². The Hall–Kier alpha value is -2.61. The molecule has 1 aliphatic rings. The quantitative estimate of drug-likeness (QED) is 0.583. The second-order valence-corrected chi connectivity index (χ2v) is 8.18. The van der Waals surface area contributed by atoms with Gasteiger partial charge in [-0.05, 0) is 12.1 Å². The summed E-state index contributed by atoms with van der Waals surface area (Å²) in [5, 5.41) is 3.90. The normalized spacial score (nSPS) is 14.0. The fourth-order valence-corrected chi connectivity index (χ4v) is 4.45. The number of hydrogen-bond donors (Lipinski definition) is 1. The number of carbonyl (C=O) groups excluding carboxylic acids is 1. The van der Waals surface area contributed by atoms with Gasteiger partial charge in [-0.3, -0.25) is 9.69 Å². The molecule has 0 atom stereocenters. The van der Waals surface area contributed by atoms with Gasteiger partial charge in [-0.15, -0.1) is 23.7 Å². The Bertz CT molecular complexity index is 974. The number of anilines is 1. The summed E-state index contributed by atoms with van der Waals surface area (Å²) in [6.45, 7) is 5.30. The molecule has 0 saturated carbocycles. The Morgan fingerprint density at radius 2 is 1.77 bits per heavy atom. The van der Waals surface area contributed by atoms with E-state index in [0.29, 0.717) is 11.4 Å². The van der Waals surface area contributed by atoms with Crippen molar-refractivity contribution < 1.29 is 9.53 Å². The van der Waals surface area contributed by atoms with Crippen LogP contribution < -0.4 is 15.0 Å². The number of hydrogen-bond acceptors (Lipinski definition) is 6. The summed E-state index contributed by atoms with van der Waals surface area (Å²) in [5.41, 5.74) is 2.18. The lowest BCUT2D eigenvalue weighted by molar-refractivity contribution is 0.0951. The molecule has 31 heavy (non-hydrogen) atoms. The molecular formula is C23H27ClN4O2S. The zero-order chi connectivity index (χ0) is 20.8. The molecular weight excluding hydrogens is 432 g/mol. The molecule has 164 valence electrons. The van der Waals surface area contributed by atoms with Crippen LogP contribution in [-0.4, -0.2) is 62.2 Å².